The molecule has 0 bridgehead atoms. The molecule has 0 fully saturated rings. The zero-order valence-corrected chi connectivity index (χ0v) is 67.2. The van der Waals surface area contributed by atoms with Gasteiger partial charge in [0, 0.05) is 87.8 Å². The van der Waals surface area contributed by atoms with Crippen molar-refractivity contribution in [2.45, 2.75) is 19.6 Å². The molecule has 117 heavy (non-hydrogen) atoms. The summed E-state index contributed by atoms with van der Waals surface area (Å²) in [5, 5.41) is 0. The number of nitrogens with zero attached hydrogens (tertiary/aromatic N) is 4. The second-order valence-electron chi connectivity index (χ2n) is 27.8. The van der Waals surface area contributed by atoms with Crippen molar-refractivity contribution >= 4 is 78.3 Å². The molecule has 0 atom stereocenters. The van der Waals surface area contributed by atoms with Crippen LogP contribution in [0.1, 0.15) is 0 Å². The van der Waals surface area contributed by atoms with Crippen LogP contribution in [0.15, 0.2) is 408 Å². The van der Waals surface area contributed by atoms with E-state index < -0.39 is 10.0 Å². The van der Waals surface area contributed by atoms with E-state index in [1.54, 1.807) is 56.9 Å². The maximum atomic E-state index is 5.59. The number of rotatable bonds is 28. The third-order valence-electron chi connectivity index (χ3n) is 21.3. The molecule has 0 unspecified atom stereocenters. The molecule has 16 aromatic carbocycles. The third kappa shape index (κ3) is 16.1. The summed E-state index contributed by atoms with van der Waals surface area (Å²) in [6.07, 6.45) is 0. The molecular formula is C104H88N4O8S. The lowest BCUT2D eigenvalue weighted by molar-refractivity contribution is 0.414. The van der Waals surface area contributed by atoms with E-state index in [0.29, 0.717) is 0 Å². The molecule has 0 saturated heterocycles. The van der Waals surface area contributed by atoms with Crippen LogP contribution in [0, 0.1) is 0 Å². The van der Waals surface area contributed by atoms with Crippen LogP contribution in [-0.4, -0.2) is 56.9 Å². The number of anilines is 12. The number of hydrogen-bond acceptors (Lipinski definition) is 12. The van der Waals surface area contributed by atoms with Gasteiger partial charge in [-0.2, -0.15) is 0 Å². The van der Waals surface area contributed by atoms with Gasteiger partial charge < -0.3 is 57.5 Å². The maximum Gasteiger partial charge on any atom is 0.119 e. The van der Waals surface area contributed by atoms with Gasteiger partial charge in [-0.25, -0.2) is 0 Å². The van der Waals surface area contributed by atoms with Gasteiger partial charge in [0.05, 0.1) is 56.9 Å². The number of hydrogen-bond donors (Lipinski definition) is 0. The van der Waals surface area contributed by atoms with E-state index >= 15 is 0 Å². The Morgan fingerprint density at radius 2 is 0.222 bits per heavy atom. The van der Waals surface area contributed by atoms with Gasteiger partial charge in [-0.3, -0.25) is 0 Å². The van der Waals surface area contributed by atoms with E-state index in [4.69, 9.17) is 37.9 Å². The summed E-state index contributed by atoms with van der Waals surface area (Å²) >= 11 is 0. The van der Waals surface area contributed by atoms with Crippen molar-refractivity contribution < 1.29 is 37.9 Å². The number of benzene rings is 16. The van der Waals surface area contributed by atoms with E-state index in [-0.39, 0.29) is 0 Å². The Kier molecular flexibility index (Phi) is 22.8. The SMILES string of the molecule is COc1ccc(N(c2ccc(OC)cc2)c2ccc(-c3ccc(S(c4ccc(-c5ccc(N(c6ccc(OC)cc6)c6ccc(OC)cc6)cc5)cc4)(c4ccc(-c5ccc(N(c6ccc(OC)cc6)c6ccc(OC)cc6)cc5)cc4)c4ccc(-c5ccc(N(c6ccc(OC)cc6)c6ccc(OC)cc6)cc5)cc4)cc3)cc2)cc1. The molecule has 0 aliphatic carbocycles. The van der Waals surface area contributed by atoms with Crippen LogP contribution in [0.3, 0.4) is 0 Å². The highest BCUT2D eigenvalue weighted by Crippen LogP contribution is 2.74. The van der Waals surface area contributed by atoms with E-state index in [2.05, 4.69) is 311 Å². The summed E-state index contributed by atoms with van der Waals surface area (Å²) < 4.78 is 44.7. The van der Waals surface area contributed by atoms with Gasteiger partial charge in [-0.1, -0.05) is 97.1 Å². The summed E-state index contributed by atoms with van der Waals surface area (Å²) in [5.74, 6) is 6.30. The Morgan fingerprint density at radius 1 is 0.128 bits per heavy atom. The summed E-state index contributed by atoms with van der Waals surface area (Å²) in [5.41, 5.74) is 20.6. The normalized spacial score (nSPS) is 11.2. The fourth-order valence-corrected chi connectivity index (χ4v) is 18.9. The summed E-state index contributed by atoms with van der Waals surface area (Å²) in [7, 11) is 11.2. The van der Waals surface area contributed by atoms with Crippen LogP contribution in [0.5, 0.6) is 46.0 Å². The van der Waals surface area contributed by atoms with Gasteiger partial charge in [-0.15, -0.1) is 10.0 Å². The Bertz CT molecular complexity index is 4990. The molecule has 0 spiro atoms. The molecule has 0 heterocycles. The second-order valence-corrected chi connectivity index (χ2v) is 30.9. The molecule has 16 aromatic rings. The van der Waals surface area contributed by atoms with Gasteiger partial charge in [-0.05, 0) is 336 Å². The van der Waals surface area contributed by atoms with Crippen molar-refractivity contribution in [1.29, 1.82) is 0 Å². The van der Waals surface area contributed by atoms with Crippen LogP contribution >= 0.6 is 10.0 Å². The summed E-state index contributed by atoms with van der Waals surface area (Å²) in [6, 6.07) is 138. The minimum Gasteiger partial charge on any atom is -0.497 e. The van der Waals surface area contributed by atoms with Gasteiger partial charge in [0.25, 0.3) is 0 Å². The van der Waals surface area contributed by atoms with Crippen molar-refractivity contribution in [3.05, 3.63) is 388 Å². The monoisotopic (exact) mass is 1550 g/mol. The maximum absolute atomic E-state index is 5.59. The van der Waals surface area contributed by atoms with Crippen molar-refractivity contribution in [1.82, 2.24) is 0 Å². The van der Waals surface area contributed by atoms with Gasteiger partial charge in [0.15, 0.2) is 0 Å². The van der Waals surface area contributed by atoms with Crippen LogP contribution in [0.4, 0.5) is 68.2 Å². The zero-order chi connectivity index (χ0) is 80.2. The molecule has 0 aliphatic heterocycles. The van der Waals surface area contributed by atoms with Crippen LogP contribution < -0.4 is 57.5 Å². The third-order valence-corrected chi connectivity index (χ3v) is 25.2. The smallest absolute Gasteiger partial charge is 0.119 e. The van der Waals surface area contributed by atoms with E-state index in [0.717, 1.165) is 159 Å². The first-order valence-electron chi connectivity index (χ1n) is 38.5. The highest BCUT2D eigenvalue weighted by molar-refractivity contribution is 8.34. The van der Waals surface area contributed by atoms with Crippen LogP contribution in [0.2, 0.25) is 0 Å². The molecule has 0 aromatic heterocycles. The van der Waals surface area contributed by atoms with Gasteiger partial charge >= 0.3 is 0 Å². The molecule has 0 saturated carbocycles. The lowest BCUT2D eigenvalue weighted by Crippen LogP contribution is -2.09. The molecule has 13 heteroatoms. The molecule has 0 amide bonds. The Labute approximate surface area is 686 Å². The highest BCUT2D eigenvalue weighted by Gasteiger charge is 2.34. The first kappa shape index (κ1) is 76.5. The molecule has 16 rings (SSSR count). The van der Waals surface area contributed by atoms with E-state index in [1.807, 2.05) is 97.1 Å². The van der Waals surface area contributed by atoms with E-state index in [9.17, 15) is 0 Å². The molecule has 0 aliphatic rings. The fourth-order valence-electron chi connectivity index (χ4n) is 15.1. The van der Waals surface area contributed by atoms with Crippen LogP contribution in [-0.2, 0) is 0 Å². The van der Waals surface area contributed by atoms with Gasteiger partial charge in [0.2, 0.25) is 0 Å². The van der Waals surface area contributed by atoms with E-state index in [1.165, 1.54) is 19.6 Å². The molecule has 12 nitrogen and oxygen atoms in total. The van der Waals surface area contributed by atoms with Crippen molar-refractivity contribution in [3.63, 3.8) is 0 Å². The summed E-state index contributed by atoms with van der Waals surface area (Å²) in [4.78, 5) is 13.7. The average molecular weight is 1550 g/mol. The molecule has 0 N–H and O–H groups in total. The molecular weight excluding hydrogens is 1470 g/mol. The molecule has 578 valence electrons. The predicted octanol–water partition coefficient (Wildman–Crippen LogP) is 27.6. The van der Waals surface area contributed by atoms with Crippen molar-refractivity contribution in [2.75, 3.05) is 76.5 Å². The largest absolute Gasteiger partial charge is 0.497 e. The fraction of sp³-hybridized carbons (Fsp3) is 0.0769. The Hall–Kier alpha value is -14.5. The van der Waals surface area contributed by atoms with Crippen molar-refractivity contribution in [2.24, 2.45) is 0 Å². The van der Waals surface area contributed by atoms with Crippen molar-refractivity contribution in [3.8, 4) is 90.5 Å². The molecule has 0 radical (unpaired) electrons. The zero-order valence-electron chi connectivity index (χ0n) is 66.4. The number of ether oxygens (including phenoxy) is 8. The first-order valence-corrected chi connectivity index (χ1v) is 40.2. The van der Waals surface area contributed by atoms with Crippen LogP contribution in [0.25, 0.3) is 44.5 Å². The highest BCUT2D eigenvalue weighted by atomic mass is 32.3. The Morgan fingerprint density at radius 3 is 0.325 bits per heavy atom. The standard InChI is InChI=1S/C104H88N4O8S/c1-109-93-49-33-85(34-50-93)105(86-35-51-94(110-2)52-36-86)81-25-9-73(10-26-81)77-17-65-101(66-18-77)117(102-67-19-78(20-68-102)74-11-27-82(28-12-74)106(87-37-53-95(111-3)54-38-87)88-39-55-96(112-4)56-40-88,103-69-21-79(22-70-103)75-13-29-83(30-14-75)107(89-41-57-97(113-5)58-42-89)90-43-59-98(114-6)60-44-90)104-71-23-80(24-72-104)76-15-31-84(32-16-76)108(91-45-61-99(115-7)62-46-91)92-47-63-100(116-8)64-48-92/h9-72H,1-8H3. The quantitative estimate of drug-likeness (QED) is 0.0468. The lowest BCUT2D eigenvalue weighted by Gasteiger charge is -2.42. The predicted molar refractivity (Wildman–Crippen MR) is 479 cm³/mol. The first-order chi connectivity index (χ1) is 57.5. The summed E-state index contributed by atoms with van der Waals surface area (Å²) in [6.45, 7) is 0. The van der Waals surface area contributed by atoms with Gasteiger partial charge in [0.1, 0.15) is 46.0 Å². The topological polar surface area (TPSA) is 86.8 Å². The Balaban J connectivity index is 0.817. The minimum absolute atomic E-state index is 0.787. The lowest BCUT2D eigenvalue weighted by atomic mass is 10.0. The second kappa shape index (κ2) is 34.8. The number of methoxy groups -OCH3 is 8. The average Bonchev–Trinajstić information content (AvgIpc) is 0.726. The minimum atomic E-state index is -2.36.